The van der Waals surface area contributed by atoms with Crippen LogP contribution in [0.15, 0.2) is 11.1 Å². The van der Waals surface area contributed by atoms with Crippen LogP contribution in [0.25, 0.3) is 11.2 Å². The number of nitrogens with two attached hydrogens (primary N) is 1. The highest BCUT2D eigenvalue weighted by molar-refractivity contribution is 7.50. The summed E-state index contributed by atoms with van der Waals surface area (Å²) in [6.07, 6.45) is -0.270. The van der Waals surface area contributed by atoms with Gasteiger partial charge < -0.3 is 30.5 Å². The number of nitrogen functional groups attached to an aromatic ring is 1. The van der Waals surface area contributed by atoms with Crippen LogP contribution in [0.4, 0.5) is 5.95 Å². The maximum Gasteiger partial charge on any atom is 0.322 e. The van der Waals surface area contributed by atoms with Gasteiger partial charge in [0.25, 0.3) is 5.56 Å². The Balaban J connectivity index is 0.000000368. The van der Waals surface area contributed by atoms with Gasteiger partial charge in [-0.3, -0.25) is 18.9 Å². The first kappa shape index (κ1) is 18.5. The Bertz CT molecular complexity index is 806. The van der Waals surface area contributed by atoms with E-state index in [0.29, 0.717) is 0 Å². The van der Waals surface area contributed by atoms with Crippen LogP contribution in [0.3, 0.4) is 0 Å². The van der Waals surface area contributed by atoms with Crippen molar-refractivity contribution < 1.29 is 29.3 Å². The van der Waals surface area contributed by atoms with Crippen molar-refractivity contribution in [1.29, 1.82) is 0 Å². The summed E-state index contributed by atoms with van der Waals surface area (Å²) in [5.41, 5.74) is 5.50. The zero-order chi connectivity index (χ0) is 18.1. The number of fused-ring (bicyclic) bond motifs is 1. The van der Waals surface area contributed by atoms with Crippen molar-refractivity contribution in [2.75, 3.05) is 19.0 Å². The number of H-pyrrole nitrogens is 1. The molecule has 12 nitrogen and oxygen atoms in total. The Kier molecular flexibility index (Phi) is 5.38. The van der Waals surface area contributed by atoms with E-state index in [1.165, 1.54) is 10.9 Å². The second kappa shape index (κ2) is 6.97. The number of aliphatic hydroxyl groups excluding tert-OH is 2. The van der Waals surface area contributed by atoms with Crippen LogP contribution in [-0.2, 0) is 9.30 Å². The number of hydrogen-bond acceptors (Lipinski definition) is 8. The number of aromatic amines is 1. The summed E-state index contributed by atoms with van der Waals surface area (Å²) >= 11 is 0. The number of anilines is 1. The van der Waals surface area contributed by atoms with Gasteiger partial charge in [-0.05, 0) is 0 Å². The third kappa shape index (κ3) is 4.38. The Labute approximate surface area is 135 Å². The van der Waals surface area contributed by atoms with Gasteiger partial charge in [-0.25, -0.2) is 4.98 Å². The van der Waals surface area contributed by atoms with Crippen LogP contribution in [0.5, 0.6) is 0 Å². The molecule has 1 aliphatic heterocycles. The second-order valence-corrected chi connectivity index (χ2v) is 6.90. The van der Waals surface area contributed by atoms with Crippen LogP contribution in [0.2, 0.25) is 0 Å². The summed E-state index contributed by atoms with van der Waals surface area (Å²) < 4.78 is 16.3. The van der Waals surface area contributed by atoms with Crippen molar-refractivity contribution >= 4 is 24.7 Å². The molecule has 13 heteroatoms. The highest BCUT2D eigenvalue weighted by atomic mass is 31.2. The zero-order valence-electron chi connectivity index (χ0n) is 12.6. The topological polar surface area (TPSA) is 197 Å². The van der Waals surface area contributed by atoms with E-state index in [0.717, 1.165) is 6.66 Å². The summed E-state index contributed by atoms with van der Waals surface area (Å²) in [6.45, 7) is 0.577. The maximum atomic E-state index is 11.6. The van der Waals surface area contributed by atoms with Gasteiger partial charge in [0.05, 0.1) is 19.0 Å². The van der Waals surface area contributed by atoms with Gasteiger partial charge in [0.15, 0.2) is 11.2 Å². The first-order chi connectivity index (χ1) is 11.1. The van der Waals surface area contributed by atoms with Crippen LogP contribution >= 0.6 is 7.60 Å². The van der Waals surface area contributed by atoms with E-state index < -0.39 is 31.6 Å². The van der Waals surface area contributed by atoms with E-state index in [1.54, 1.807) is 0 Å². The summed E-state index contributed by atoms with van der Waals surface area (Å²) in [7, 11) is -3.64. The summed E-state index contributed by atoms with van der Waals surface area (Å²) in [5.74, 6) is -0.0171. The van der Waals surface area contributed by atoms with Crippen LogP contribution < -0.4 is 11.3 Å². The zero-order valence-corrected chi connectivity index (χ0v) is 13.5. The molecule has 0 spiro atoms. The molecule has 3 heterocycles. The molecule has 2 aromatic heterocycles. The lowest BCUT2D eigenvalue weighted by Gasteiger charge is -2.13. The minimum atomic E-state index is -3.64. The average Bonchev–Trinajstić information content (AvgIpc) is 3.00. The molecule has 0 saturated carbocycles. The Morgan fingerprint density at radius 3 is 2.71 bits per heavy atom. The maximum absolute atomic E-state index is 11.6. The first-order valence-corrected chi connectivity index (χ1v) is 8.86. The summed E-state index contributed by atoms with van der Waals surface area (Å²) in [4.78, 5) is 37.2. The van der Waals surface area contributed by atoms with Crippen molar-refractivity contribution in [3.05, 3.63) is 16.7 Å². The predicted molar refractivity (Wildman–Crippen MR) is 82.1 cm³/mol. The molecular formula is C11H18N5O7P. The van der Waals surface area contributed by atoms with E-state index in [1.807, 2.05) is 0 Å². The monoisotopic (exact) mass is 363 g/mol. The van der Waals surface area contributed by atoms with Crippen molar-refractivity contribution in [2.24, 2.45) is 0 Å². The molecule has 3 rings (SSSR count). The van der Waals surface area contributed by atoms with Crippen molar-refractivity contribution in [2.45, 2.75) is 24.9 Å². The minimum absolute atomic E-state index is 0.0171. The fraction of sp³-hybridized carbons (Fsp3) is 0.545. The van der Waals surface area contributed by atoms with E-state index in [4.69, 9.17) is 25.4 Å². The number of rotatable bonds is 2. The fourth-order valence-corrected chi connectivity index (χ4v) is 2.20. The largest absolute Gasteiger partial charge is 0.394 e. The van der Waals surface area contributed by atoms with Crippen LogP contribution in [0, 0.1) is 0 Å². The SMILES string of the molecule is CP(=O)(O)O.Nc1nc2c(ncn2C2C[C@H](O)[C@@H](CO)O2)c(=O)[nH]1. The molecular weight excluding hydrogens is 345 g/mol. The lowest BCUT2D eigenvalue weighted by molar-refractivity contribution is -0.0432. The molecule has 0 aromatic carbocycles. The van der Waals surface area contributed by atoms with Crippen molar-refractivity contribution in [1.82, 2.24) is 19.5 Å². The predicted octanol–water partition coefficient (Wildman–Crippen LogP) is -1.86. The van der Waals surface area contributed by atoms with Gasteiger partial charge in [-0.15, -0.1) is 0 Å². The number of nitrogens with one attached hydrogen (secondary N) is 1. The van der Waals surface area contributed by atoms with Crippen molar-refractivity contribution in [3.63, 3.8) is 0 Å². The number of hydrogen-bond donors (Lipinski definition) is 6. The Hall–Kier alpha value is -1.82. The number of aromatic nitrogens is 4. The van der Waals surface area contributed by atoms with Gasteiger partial charge >= 0.3 is 7.60 Å². The molecule has 3 atom stereocenters. The molecule has 2 aromatic rings. The highest BCUT2D eigenvalue weighted by Crippen LogP contribution is 2.30. The molecule has 24 heavy (non-hydrogen) atoms. The quantitative estimate of drug-likeness (QED) is 0.329. The molecule has 0 bridgehead atoms. The standard InChI is InChI=1S/C10H13N5O4.CH5O3P/c11-10-13-8-7(9(18)14-10)12-3-15(8)6-1-4(17)5(2-16)19-6;1-5(2,3)4/h3-6,16-17H,1-2H2,(H3,11,13,14,18);1H3,(H2,2,3,4)/t4-,5+,6?;/m0./s1. The lowest BCUT2D eigenvalue weighted by Crippen LogP contribution is -2.24. The van der Waals surface area contributed by atoms with Crippen LogP contribution in [-0.4, -0.2) is 65.0 Å². The fourth-order valence-electron chi connectivity index (χ4n) is 2.20. The molecule has 1 unspecified atom stereocenters. The molecule has 134 valence electrons. The van der Waals surface area contributed by atoms with Crippen LogP contribution in [0.1, 0.15) is 12.6 Å². The van der Waals surface area contributed by atoms with Gasteiger partial charge in [0.1, 0.15) is 12.3 Å². The highest BCUT2D eigenvalue weighted by Gasteiger charge is 2.35. The van der Waals surface area contributed by atoms with E-state index in [-0.39, 0.29) is 30.1 Å². The summed E-state index contributed by atoms with van der Waals surface area (Å²) in [6, 6.07) is 0. The third-order valence-corrected chi connectivity index (χ3v) is 3.15. The third-order valence-electron chi connectivity index (χ3n) is 3.15. The number of imidazole rings is 1. The average molecular weight is 363 g/mol. The van der Waals surface area contributed by atoms with Gasteiger partial charge in [-0.1, -0.05) is 0 Å². The molecule has 7 N–H and O–H groups in total. The molecule has 1 saturated heterocycles. The molecule has 0 radical (unpaired) electrons. The van der Waals surface area contributed by atoms with Gasteiger partial charge in [0.2, 0.25) is 5.95 Å². The number of nitrogens with zero attached hydrogens (tertiary/aromatic N) is 3. The van der Waals surface area contributed by atoms with Crippen molar-refractivity contribution in [3.8, 4) is 0 Å². The van der Waals surface area contributed by atoms with E-state index in [9.17, 15) is 14.5 Å². The Morgan fingerprint density at radius 1 is 1.54 bits per heavy atom. The lowest BCUT2D eigenvalue weighted by atomic mass is 10.2. The molecule has 0 amide bonds. The van der Waals surface area contributed by atoms with E-state index >= 15 is 0 Å². The first-order valence-electron chi connectivity index (χ1n) is 6.80. The smallest absolute Gasteiger partial charge is 0.322 e. The normalized spacial score (nSPS) is 24.0. The second-order valence-electron chi connectivity index (χ2n) is 5.23. The van der Waals surface area contributed by atoms with E-state index in [2.05, 4.69) is 15.0 Å². The van der Waals surface area contributed by atoms with Gasteiger partial charge in [0, 0.05) is 13.1 Å². The number of ether oxygens (including phenoxy) is 1. The molecule has 1 aliphatic rings. The summed E-state index contributed by atoms with van der Waals surface area (Å²) in [5, 5.41) is 18.8. The molecule has 1 fully saturated rings. The number of aliphatic hydroxyl groups is 2. The molecule has 0 aliphatic carbocycles. The van der Waals surface area contributed by atoms with Gasteiger partial charge in [-0.2, -0.15) is 4.98 Å². The Morgan fingerprint density at radius 2 is 2.17 bits per heavy atom. The minimum Gasteiger partial charge on any atom is -0.394 e.